The van der Waals surface area contributed by atoms with Crippen LogP contribution in [0.4, 0.5) is 0 Å². The minimum Gasteiger partial charge on any atom is -0.309 e. The number of hydrogen-bond donors (Lipinski definition) is 1. The highest BCUT2D eigenvalue weighted by molar-refractivity contribution is 9.10. The van der Waals surface area contributed by atoms with E-state index >= 15 is 0 Å². The molecule has 3 nitrogen and oxygen atoms in total. The van der Waals surface area contributed by atoms with E-state index in [-0.39, 0.29) is 6.04 Å². The lowest BCUT2D eigenvalue weighted by molar-refractivity contribution is 0.540. The zero-order chi connectivity index (χ0) is 12.1. The summed E-state index contributed by atoms with van der Waals surface area (Å²) in [5.41, 5.74) is 2.31. The average molecular weight is 312 g/mol. The van der Waals surface area contributed by atoms with Crippen LogP contribution in [0, 0.1) is 0 Å². The zero-order valence-corrected chi connectivity index (χ0v) is 12.0. The van der Waals surface area contributed by atoms with E-state index in [2.05, 4.69) is 55.1 Å². The summed E-state index contributed by atoms with van der Waals surface area (Å²) >= 11 is 4.75. The van der Waals surface area contributed by atoms with Gasteiger partial charge in [0.2, 0.25) is 0 Å². The molecule has 0 spiro atoms. The van der Waals surface area contributed by atoms with Crippen molar-refractivity contribution in [1.29, 1.82) is 0 Å². The van der Waals surface area contributed by atoms with Gasteiger partial charge >= 0.3 is 0 Å². The number of rotatable bonds is 5. The van der Waals surface area contributed by atoms with E-state index in [0.717, 1.165) is 23.1 Å². The summed E-state index contributed by atoms with van der Waals surface area (Å²) in [4.78, 5) is 0. The minimum absolute atomic E-state index is 0.244. The van der Waals surface area contributed by atoms with Crippen molar-refractivity contribution in [3.05, 3.63) is 46.2 Å². The maximum absolute atomic E-state index is 4.31. The third kappa shape index (κ3) is 3.59. The first-order valence-electron chi connectivity index (χ1n) is 5.55. The Labute approximate surface area is 114 Å². The van der Waals surface area contributed by atoms with Crippen LogP contribution >= 0.6 is 27.7 Å². The van der Waals surface area contributed by atoms with Gasteiger partial charge in [0.05, 0.1) is 29.7 Å². The maximum atomic E-state index is 4.31. The third-order valence-corrected chi connectivity index (χ3v) is 3.50. The second kappa shape index (κ2) is 6.23. The van der Waals surface area contributed by atoms with Crippen LogP contribution in [-0.2, 0) is 6.42 Å². The van der Waals surface area contributed by atoms with Crippen molar-refractivity contribution in [2.45, 2.75) is 19.4 Å². The van der Waals surface area contributed by atoms with Crippen LogP contribution in [0.15, 0.2) is 34.9 Å². The molecule has 1 unspecified atom stereocenters. The second-order valence-electron chi connectivity index (χ2n) is 3.78. The van der Waals surface area contributed by atoms with Gasteiger partial charge in [-0.3, -0.25) is 0 Å². The van der Waals surface area contributed by atoms with E-state index in [4.69, 9.17) is 0 Å². The highest BCUT2D eigenvalue weighted by atomic mass is 79.9. The maximum Gasteiger partial charge on any atom is 0.0915 e. The molecule has 0 aliphatic carbocycles. The largest absolute Gasteiger partial charge is 0.309 e. The van der Waals surface area contributed by atoms with Gasteiger partial charge in [0.15, 0.2) is 0 Å². The number of likely N-dealkylation sites (N-methyl/N-ethyl adjacent to an activating group) is 1. The van der Waals surface area contributed by atoms with Crippen LogP contribution in [-0.4, -0.2) is 15.3 Å². The van der Waals surface area contributed by atoms with Crippen LogP contribution in [0.3, 0.4) is 0 Å². The van der Waals surface area contributed by atoms with Crippen molar-refractivity contribution in [1.82, 2.24) is 14.1 Å². The Morgan fingerprint density at radius 2 is 2.35 bits per heavy atom. The molecule has 0 saturated heterocycles. The molecule has 0 radical (unpaired) electrons. The van der Waals surface area contributed by atoms with Crippen molar-refractivity contribution in [2.75, 3.05) is 6.54 Å². The SMILES string of the molecule is CCNC(Cc1cccc(Br)c1)c1cnsn1. The number of halogens is 1. The van der Waals surface area contributed by atoms with E-state index in [9.17, 15) is 0 Å². The molecule has 1 aromatic heterocycles. The van der Waals surface area contributed by atoms with E-state index in [1.807, 2.05) is 12.3 Å². The number of benzene rings is 1. The van der Waals surface area contributed by atoms with Gasteiger partial charge in [-0.25, -0.2) is 0 Å². The standard InChI is InChI=1S/C12H14BrN3S/c1-2-14-11(12-8-15-17-16-12)7-9-4-3-5-10(13)6-9/h3-6,8,11,14H,2,7H2,1H3. The number of aromatic nitrogens is 2. The summed E-state index contributed by atoms with van der Waals surface area (Å²) in [5.74, 6) is 0. The molecule has 17 heavy (non-hydrogen) atoms. The Morgan fingerprint density at radius 3 is 3.00 bits per heavy atom. The molecule has 1 aromatic carbocycles. The van der Waals surface area contributed by atoms with Gasteiger partial charge in [-0.15, -0.1) is 0 Å². The summed E-state index contributed by atoms with van der Waals surface area (Å²) in [6.07, 6.45) is 2.77. The summed E-state index contributed by atoms with van der Waals surface area (Å²) in [7, 11) is 0. The van der Waals surface area contributed by atoms with Gasteiger partial charge in [-0.1, -0.05) is 35.0 Å². The molecule has 1 heterocycles. The van der Waals surface area contributed by atoms with E-state index in [1.54, 1.807) is 0 Å². The van der Waals surface area contributed by atoms with Crippen molar-refractivity contribution in [3.63, 3.8) is 0 Å². The molecule has 1 atom stereocenters. The van der Waals surface area contributed by atoms with E-state index in [1.165, 1.54) is 17.3 Å². The van der Waals surface area contributed by atoms with Crippen molar-refractivity contribution >= 4 is 27.7 Å². The van der Waals surface area contributed by atoms with Crippen molar-refractivity contribution < 1.29 is 0 Å². The molecular weight excluding hydrogens is 298 g/mol. The van der Waals surface area contributed by atoms with Crippen LogP contribution in [0.25, 0.3) is 0 Å². The van der Waals surface area contributed by atoms with Gasteiger partial charge in [0, 0.05) is 4.47 Å². The molecule has 0 bridgehead atoms. The molecule has 2 aromatic rings. The lowest BCUT2D eigenvalue weighted by Gasteiger charge is -2.15. The van der Waals surface area contributed by atoms with Crippen molar-refractivity contribution in [3.8, 4) is 0 Å². The number of nitrogens with zero attached hydrogens (tertiary/aromatic N) is 2. The van der Waals surface area contributed by atoms with Crippen molar-refractivity contribution in [2.24, 2.45) is 0 Å². The first kappa shape index (κ1) is 12.7. The van der Waals surface area contributed by atoms with Crippen LogP contribution in [0.5, 0.6) is 0 Å². The number of hydrogen-bond acceptors (Lipinski definition) is 4. The molecule has 0 aliphatic rings. The average Bonchev–Trinajstić information content (AvgIpc) is 2.82. The predicted octanol–water partition coefficient (Wildman–Crippen LogP) is 3.19. The lowest BCUT2D eigenvalue weighted by atomic mass is 10.0. The smallest absolute Gasteiger partial charge is 0.0915 e. The van der Waals surface area contributed by atoms with Gasteiger partial charge in [-0.05, 0) is 30.7 Å². The van der Waals surface area contributed by atoms with Crippen LogP contribution < -0.4 is 5.32 Å². The Bertz CT molecular complexity index is 459. The monoisotopic (exact) mass is 311 g/mol. The van der Waals surface area contributed by atoms with Gasteiger partial charge in [0.1, 0.15) is 0 Å². The highest BCUT2D eigenvalue weighted by Crippen LogP contribution is 2.19. The fourth-order valence-corrected chi connectivity index (χ4v) is 2.67. The Kier molecular flexibility index (Phi) is 4.65. The Morgan fingerprint density at radius 1 is 1.47 bits per heavy atom. The molecular formula is C12H14BrN3S. The molecule has 2 rings (SSSR count). The zero-order valence-electron chi connectivity index (χ0n) is 9.56. The lowest BCUT2D eigenvalue weighted by Crippen LogP contribution is -2.23. The molecule has 0 amide bonds. The molecule has 0 fully saturated rings. The summed E-state index contributed by atoms with van der Waals surface area (Å²) in [5, 5.41) is 3.44. The fraction of sp³-hybridized carbons (Fsp3) is 0.333. The van der Waals surface area contributed by atoms with Gasteiger partial charge in [-0.2, -0.15) is 8.75 Å². The molecule has 5 heteroatoms. The first-order valence-corrected chi connectivity index (χ1v) is 7.07. The van der Waals surface area contributed by atoms with E-state index in [0.29, 0.717) is 0 Å². The number of nitrogens with one attached hydrogen (secondary N) is 1. The molecule has 0 aliphatic heterocycles. The third-order valence-electron chi connectivity index (χ3n) is 2.51. The van der Waals surface area contributed by atoms with Crippen LogP contribution in [0.1, 0.15) is 24.2 Å². The summed E-state index contributed by atoms with van der Waals surface area (Å²) in [6.45, 7) is 3.03. The molecule has 90 valence electrons. The summed E-state index contributed by atoms with van der Waals surface area (Å²) < 4.78 is 9.49. The normalized spacial score (nSPS) is 12.6. The van der Waals surface area contributed by atoms with Gasteiger partial charge in [0.25, 0.3) is 0 Å². The topological polar surface area (TPSA) is 37.8 Å². The molecule has 0 saturated carbocycles. The fourth-order valence-electron chi connectivity index (χ4n) is 1.75. The highest BCUT2D eigenvalue weighted by Gasteiger charge is 2.13. The Balaban J connectivity index is 2.13. The predicted molar refractivity (Wildman–Crippen MR) is 74.2 cm³/mol. The molecule has 1 N–H and O–H groups in total. The van der Waals surface area contributed by atoms with Crippen LogP contribution in [0.2, 0.25) is 0 Å². The Hall–Kier alpha value is -0.780. The quantitative estimate of drug-likeness (QED) is 0.921. The second-order valence-corrected chi connectivity index (χ2v) is 5.25. The summed E-state index contributed by atoms with van der Waals surface area (Å²) in [6, 6.07) is 8.62. The van der Waals surface area contributed by atoms with E-state index < -0.39 is 0 Å². The first-order chi connectivity index (χ1) is 8.29. The van der Waals surface area contributed by atoms with Gasteiger partial charge < -0.3 is 5.32 Å². The minimum atomic E-state index is 0.244.